The van der Waals surface area contributed by atoms with Gasteiger partial charge in [-0.1, -0.05) is 11.8 Å². The van der Waals surface area contributed by atoms with E-state index in [1.807, 2.05) is 0 Å². The first-order valence-electron chi connectivity index (χ1n) is 4.03. The third kappa shape index (κ3) is 2.90. The van der Waals surface area contributed by atoms with Gasteiger partial charge in [-0.15, -0.1) is 0 Å². The van der Waals surface area contributed by atoms with Crippen LogP contribution in [0.15, 0.2) is 12.1 Å². The molecule has 0 amide bonds. The average molecular weight is 406 g/mol. The number of halogens is 2. The topological polar surface area (TPSA) is 0 Å². The summed E-state index contributed by atoms with van der Waals surface area (Å²) in [6, 6.07) is 4.19. The van der Waals surface area contributed by atoms with Gasteiger partial charge in [0, 0.05) is 56.3 Å². The molecule has 1 aromatic rings. The molecule has 0 atom stereocenters. The average Bonchev–Trinajstić information content (AvgIpc) is 2.14. The van der Waals surface area contributed by atoms with E-state index in [0.717, 1.165) is 11.1 Å². The molecule has 2 heteroatoms. The van der Waals surface area contributed by atoms with E-state index in [0.29, 0.717) is 0 Å². The van der Waals surface area contributed by atoms with Gasteiger partial charge in [0.05, 0.1) is 0 Å². The highest BCUT2D eigenvalue weighted by atomic mass is 127. The fraction of sp³-hybridized carbons (Fsp3) is 0.167. The summed E-state index contributed by atoms with van der Waals surface area (Å²) in [5.41, 5.74) is 4.56. The van der Waals surface area contributed by atoms with E-state index in [-0.39, 0.29) is 0 Å². The minimum atomic E-state index is 1.09. The molecule has 70 valence electrons. The lowest BCUT2D eigenvalue weighted by molar-refractivity contribution is 1.35. The van der Waals surface area contributed by atoms with Gasteiger partial charge in [-0.25, -0.2) is 0 Å². The summed E-state index contributed by atoms with van der Waals surface area (Å²) in [5.74, 6) is 6.15. The van der Waals surface area contributed by atoms with Crippen molar-refractivity contribution in [1.82, 2.24) is 0 Å². The number of rotatable bonds is 0. The van der Waals surface area contributed by atoms with Crippen LogP contribution in [0, 0.1) is 33.5 Å². The highest BCUT2D eigenvalue weighted by molar-refractivity contribution is 14.1. The molecule has 0 bridgehead atoms. The maximum Gasteiger partial charge on any atom is 0.0286 e. The van der Waals surface area contributed by atoms with E-state index in [1.54, 1.807) is 0 Å². The molecule has 0 radical (unpaired) electrons. The Hall–Kier alpha value is -0.200. The van der Waals surface area contributed by atoms with Crippen molar-refractivity contribution in [3.63, 3.8) is 0 Å². The van der Waals surface area contributed by atoms with Gasteiger partial charge < -0.3 is 0 Å². The van der Waals surface area contributed by atoms with Gasteiger partial charge in [0.1, 0.15) is 0 Å². The number of hydrogen-bond acceptors (Lipinski definition) is 0. The summed E-state index contributed by atoms with van der Waals surface area (Å²) in [4.78, 5) is 0. The van der Waals surface area contributed by atoms with Crippen LogP contribution in [0.4, 0.5) is 0 Å². The molecule has 14 heavy (non-hydrogen) atoms. The highest BCUT2D eigenvalue weighted by Crippen LogP contribution is 2.14. The standard InChI is InChI=1S/C12H8I2/c1-9-7-12(4-6-14)10(2)8-11(9)3-5-13/h7-8H,1-2H3. The molecule has 0 heterocycles. The maximum absolute atomic E-state index is 3.07. The fourth-order valence-electron chi connectivity index (χ4n) is 1.19. The Bertz CT molecular complexity index is 419. The first kappa shape index (κ1) is 11.9. The van der Waals surface area contributed by atoms with Gasteiger partial charge in [0.2, 0.25) is 0 Å². The van der Waals surface area contributed by atoms with Crippen LogP contribution >= 0.6 is 45.2 Å². The van der Waals surface area contributed by atoms with Crippen LogP contribution in [0.3, 0.4) is 0 Å². The summed E-state index contributed by atoms with van der Waals surface area (Å²) < 4.78 is 5.77. The third-order valence-electron chi connectivity index (χ3n) is 1.94. The van der Waals surface area contributed by atoms with Crippen molar-refractivity contribution >= 4 is 45.2 Å². The van der Waals surface area contributed by atoms with E-state index < -0.39 is 0 Å². The molecule has 0 unspecified atom stereocenters. The van der Waals surface area contributed by atoms with Crippen LogP contribution in [0.1, 0.15) is 22.3 Å². The van der Waals surface area contributed by atoms with Crippen LogP contribution < -0.4 is 0 Å². The SMILES string of the molecule is Cc1cc(C#CI)c(C)cc1C#CI. The van der Waals surface area contributed by atoms with Crippen molar-refractivity contribution in [1.29, 1.82) is 0 Å². The van der Waals surface area contributed by atoms with E-state index in [2.05, 4.69) is 90.9 Å². The smallest absolute Gasteiger partial charge is 0.0286 e. The van der Waals surface area contributed by atoms with Crippen LogP contribution in [-0.4, -0.2) is 0 Å². The number of hydrogen-bond donors (Lipinski definition) is 0. The largest absolute Gasteiger partial charge is 0.0553 e. The Morgan fingerprint density at radius 1 is 0.857 bits per heavy atom. The normalized spacial score (nSPS) is 8.29. The van der Waals surface area contributed by atoms with Crippen molar-refractivity contribution < 1.29 is 0 Å². The molecule has 0 aliphatic heterocycles. The highest BCUT2D eigenvalue weighted by Gasteiger charge is 2.00. The molecular weight excluding hydrogens is 398 g/mol. The molecule has 0 spiro atoms. The Balaban J connectivity index is 3.33. The maximum atomic E-state index is 3.07. The van der Waals surface area contributed by atoms with E-state index in [4.69, 9.17) is 0 Å². The van der Waals surface area contributed by atoms with Crippen LogP contribution in [0.25, 0.3) is 0 Å². The minimum absolute atomic E-state index is 1.09. The Morgan fingerprint density at radius 3 is 1.50 bits per heavy atom. The van der Waals surface area contributed by atoms with Gasteiger partial charge in [0.25, 0.3) is 0 Å². The molecule has 0 saturated carbocycles. The van der Waals surface area contributed by atoms with E-state index >= 15 is 0 Å². The predicted octanol–water partition coefficient (Wildman–Crippen LogP) is 3.79. The zero-order chi connectivity index (χ0) is 10.6. The van der Waals surface area contributed by atoms with Gasteiger partial charge in [-0.3, -0.25) is 0 Å². The number of benzene rings is 1. The van der Waals surface area contributed by atoms with E-state index in [9.17, 15) is 0 Å². The summed E-state index contributed by atoms with van der Waals surface area (Å²) in [6.45, 7) is 4.13. The summed E-state index contributed by atoms with van der Waals surface area (Å²) in [6.07, 6.45) is 0. The summed E-state index contributed by atoms with van der Waals surface area (Å²) in [5, 5.41) is 0. The van der Waals surface area contributed by atoms with Gasteiger partial charge in [-0.2, -0.15) is 0 Å². The monoisotopic (exact) mass is 406 g/mol. The zero-order valence-corrected chi connectivity index (χ0v) is 12.2. The van der Waals surface area contributed by atoms with Crippen molar-refractivity contribution in [2.24, 2.45) is 0 Å². The van der Waals surface area contributed by atoms with Crippen LogP contribution in [0.5, 0.6) is 0 Å². The molecule has 0 nitrogen and oxygen atoms in total. The Morgan fingerprint density at radius 2 is 1.21 bits per heavy atom. The fourth-order valence-corrected chi connectivity index (χ4v) is 1.77. The Labute approximate surface area is 112 Å². The van der Waals surface area contributed by atoms with Crippen molar-refractivity contribution in [3.05, 3.63) is 34.4 Å². The second-order valence-corrected chi connectivity index (χ2v) is 4.00. The molecule has 0 aliphatic rings. The number of aryl methyl sites for hydroxylation is 2. The lowest BCUT2D eigenvalue weighted by atomic mass is 10.0. The van der Waals surface area contributed by atoms with Gasteiger partial charge in [-0.05, 0) is 45.0 Å². The quantitative estimate of drug-likeness (QED) is 0.455. The molecule has 0 aromatic heterocycles. The second kappa shape index (κ2) is 5.63. The Kier molecular flexibility index (Phi) is 4.77. The van der Waals surface area contributed by atoms with Crippen molar-refractivity contribution in [2.45, 2.75) is 13.8 Å². The first-order valence-corrected chi connectivity index (χ1v) is 6.19. The molecule has 0 aliphatic carbocycles. The summed E-state index contributed by atoms with van der Waals surface area (Å²) in [7, 11) is 0. The molecule has 0 N–H and O–H groups in total. The lowest BCUT2D eigenvalue weighted by Gasteiger charge is -2.03. The van der Waals surface area contributed by atoms with Crippen LogP contribution in [-0.2, 0) is 0 Å². The third-order valence-corrected chi connectivity index (χ3v) is 2.47. The molecule has 0 fully saturated rings. The lowest BCUT2D eigenvalue weighted by Crippen LogP contribution is -1.89. The molecule has 1 rings (SSSR count). The van der Waals surface area contributed by atoms with Crippen molar-refractivity contribution in [2.75, 3.05) is 0 Å². The van der Waals surface area contributed by atoms with Gasteiger partial charge in [0.15, 0.2) is 0 Å². The molecule has 0 saturated heterocycles. The first-order chi connectivity index (χ1) is 6.69. The van der Waals surface area contributed by atoms with Gasteiger partial charge >= 0.3 is 0 Å². The van der Waals surface area contributed by atoms with E-state index in [1.165, 1.54) is 11.1 Å². The predicted molar refractivity (Wildman–Crippen MR) is 77.7 cm³/mol. The molecular formula is C12H8I2. The van der Waals surface area contributed by atoms with Crippen molar-refractivity contribution in [3.8, 4) is 19.7 Å². The molecule has 1 aromatic carbocycles. The van der Waals surface area contributed by atoms with Crippen LogP contribution in [0.2, 0.25) is 0 Å². The minimum Gasteiger partial charge on any atom is -0.0553 e. The second-order valence-electron chi connectivity index (χ2n) is 2.92. The zero-order valence-electron chi connectivity index (χ0n) is 7.91. The summed E-state index contributed by atoms with van der Waals surface area (Å²) >= 11 is 4.11.